The van der Waals surface area contributed by atoms with E-state index in [9.17, 15) is 8.42 Å². The van der Waals surface area contributed by atoms with Crippen LogP contribution in [0.15, 0.2) is 41.3 Å². The lowest BCUT2D eigenvalue weighted by molar-refractivity contribution is 0.609. The number of hydrogen-bond donors (Lipinski definition) is 0. The van der Waals surface area contributed by atoms with Crippen LogP contribution in [0.5, 0.6) is 0 Å². The minimum absolute atomic E-state index is 0.172. The Morgan fingerprint density at radius 2 is 2.00 bits per heavy atom. The van der Waals surface area contributed by atoms with E-state index >= 15 is 0 Å². The van der Waals surface area contributed by atoms with E-state index in [2.05, 4.69) is 6.58 Å². The second-order valence-corrected chi connectivity index (χ2v) is 5.97. The third-order valence-corrected chi connectivity index (χ3v) is 3.70. The second kappa shape index (κ2) is 3.51. The Kier molecular flexibility index (Phi) is 2.44. The Morgan fingerprint density at radius 1 is 1.27 bits per heavy atom. The van der Waals surface area contributed by atoms with E-state index in [1.54, 1.807) is 12.1 Å². The van der Waals surface area contributed by atoms with Crippen LogP contribution in [-0.4, -0.2) is 8.42 Å². The third kappa shape index (κ3) is 1.98. The van der Waals surface area contributed by atoms with Crippen LogP contribution in [0.25, 0.3) is 6.08 Å². The van der Waals surface area contributed by atoms with Crippen LogP contribution in [0.2, 0.25) is 0 Å². The fourth-order valence-electron chi connectivity index (χ4n) is 1.65. The highest BCUT2D eigenvalue weighted by Gasteiger charge is 2.18. The van der Waals surface area contributed by atoms with Gasteiger partial charge in [-0.05, 0) is 23.6 Å². The van der Waals surface area contributed by atoms with Gasteiger partial charge in [-0.1, -0.05) is 36.4 Å². The summed E-state index contributed by atoms with van der Waals surface area (Å²) in [6, 6.07) is 5.09. The van der Waals surface area contributed by atoms with Gasteiger partial charge in [-0.3, -0.25) is 0 Å². The minimum Gasteiger partial charge on any atom is -0.207 e. The maximum atomic E-state index is 11.3. The molecular formula is C11H9ClO2S. The lowest BCUT2D eigenvalue weighted by Crippen LogP contribution is -2.02. The lowest BCUT2D eigenvalue weighted by Gasteiger charge is -2.14. The zero-order valence-corrected chi connectivity index (χ0v) is 9.48. The van der Waals surface area contributed by atoms with Gasteiger partial charge in [-0.15, -0.1) is 0 Å². The maximum Gasteiger partial charge on any atom is 0.261 e. The number of allylic oxidation sites excluding steroid dienone is 2. The van der Waals surface area contributed by atoms with Gasteiger partial charge in [0.1, 0.15) is 0 Å². The van der Waals surface area contributed by atoms with Gasteiger partial charge in [0, 0.05) is 10.7 Å². The van der Waals surface area contributed by atoms with Crippen molar-refractivity contribution in [1.29, 1.82) is 0 Å². The first-order valence-electron chi connectivity index (χ1n) is 4.41. The number of hydrogen-bond acceptors (Lipinski definition) is 2. The van der Waals surface area contributed by atoms with E-state index in [4.69, 9.17) is 10.7 Å². The van der Waals surface area contributed by atoms with Crippen molar-refractivity contribution in [3.8, 4) is 0 Å². The number of halogens is 1. The summed E-state index contributed by atoms with van der Waals surface area (Å²) in [5, 5.41) is 0. The van der Waals surface area contributed by atoms with Crippen LogP contribution in [0.4, 0.5) is 0 Å². The summed E-state index contributed by atoms with van der Waals surface area (Å²) in [4.78, 5) is 0.172. The minimum atomic E-state index is -3.67. The highest BCUT2D eigenvalue weighted by atomic mass is 35.7. The molecular weight excluding hydrogens is 232 g/mol. The molecule has 0 radical (unpaired) electrons. The van der Waals surface area contributed by atoms with Gasteiger partial charge in [0.15, 0.2) is 0 Å². The molecule has 15 heavy (non-hydrogen) atoms. The van der Waals surface area contributed by atoms with E-state index < -0.39 is 9.05 Å². The molecule has 1 aliphatic rings. The Bertz CT molecular complexity index is 556. The van der Waals surface area contributed by atoms with E-state index in [-0.39, 0.29) is 4.90 Å². The summed E-state index contributed by atoms with van der Waals surface area (Å²) >= 11 is 0. The van der Waals surface area contributed by atoms with Crippen LogP contribution in [0.3, 0.4) is 0 Å². The van der Waals surface area contributed by atoms with Gasteiger partial charge in [-0.2, -0.15) is 0 Å². The second-order valence-electron chi connectivity index (χ2n) is 3.44. The fourth-order valence-corrected chi connectivity index (χ4v) is 2.76. The quantitative estimate of drug-likeness (QED) is 0.708. The van der Waals surface area contributed by atoms with Crippen molar-refractivity contribution in [2.45, 2.75) is 11.3 Å². The van der Waals surface area contributed by atoms with Gasteiger partial charge in [-0.25, -0.2) is 8.42 Å². The first-order chi connectivity index (χ1) is 6.98. The number of benzene rings is 1. The number of fused-ring (bicyclic) bond motifs is 1. The summed E-state index contributed by atoms with van der Waals surface area (Å²) in [6.07, 6.45) is 4.23. The molecule has 1 aromatic rings. The zero-order chi connectivity index (χ0) is 11.1. The van der Waals surface area contributed by atoms with Crippen LogP contribution in [-0.2, 0) is 15.5 Å². The van der Waals surface area contributed by atoms with Crippen molar-refractivity contribution in [3.63, 3.8) is 0 Å². The summed E-state index contributed by atoms with van der Waals surface area (Å²) in [5.41, 5.74) is 2.59. The van der Waals surface area contributed by atoms with Gasteiger partial charge in [0.2, 0.25) is 0 Å². The average Bonchev–Trinajstić information content (AvgIpc) is 2.15. The predicted octanol–water partition coefficient (Wildman–Crippen LogP) is 2.74. The smallest absolute Gasteiger partial charge is 0.207 e. The van der Waals surface area contributed by atoms with Crippen LogP contribution < -0.4 is 0 Å². The van der Waals surface area contributed by atoms with Crippen LogP contribution >= 0.6 is 10.7 Å². The highest BCUT2D eigenvalue weighted by Crippen LogP contribution is 2.29. The molecule has 0 spiro atoms. The molecule has 2 nitrogen and oxygen atoms in total. The van der Waals surface area contributed by atoms with Gasteiger partial charge < -0.3 is 0 Å². The largest absolute Gasteiger partial charge is 0.261 e. The van der Waals surface area contributed by atoms with Crippen molar-refractivity contribution in [1.82, 2.24) is 0 Å². The molecule has 0 atom stereocenters. The van der Waals surface area contributed by atoms with Gasteiger partial charge >= 0.3 is 0 Å². The molecule has 0 N–H and O–H groups in total. The Morgan fingerprint density at radius 3 is 2.67 bits per heavy atom. The Hall–Kier alpha value is -1.06. The monoisotopic (exact) mass is 240 g/mol. The molecule has 0 amide bonds. The third-order valence-electron chi connectivity index (χ3n) is 2.32. The summed E-state index contributed by atoms with van der Waals surface area (Å²) < 4.78 is 22.6. The molecule has 0 aliphatic heterocycles. The topological polar surface area (TPSA) is 34.1 Å². The highest BCUT2D eigenvalue weighted by molar-refractivity contribution is 8.13. The molecule has 0 fully saturated rings. The predicted molar refractivity (Wildman–Crippen MR) is 61.4 cm³/mol. The first kappa shape index (κ1) is 10.5. The normalized spacial score (nSPS) is 15.1. The first-order valence-corrected chi connectivity index (χ1v) is 6.72. The molecule has 0 bridgehead atoms. The molecule has 78 valence electrons. The van der Waals surface area contributed by atoms with Gasteiger partial charge in [0.05, 0.1) is 4.90 Å². The molecule has 1 aliphatic carbocycles. The van der Waals surface area contributed by atoms with Crippen molar-refractivity contribution in [2.75, 3.05) is 0 Å². The summed E-state index contributed by atoms with van der Waals surface area (Å²) in [6.45, 7) is 3.84. The van der Waals surface area contributed by atoms with E-state index in [1.165, 1.54) is 6.07 Å². The van der Waals surface area contributed by atoms with Crippen molar-refractivity contribution >= 4 is 25.8 Å². The molecule has 0 saturated carbocycles. The van der Waals surface area contributed by atoms with E-state index in [0.717, 1.165) is 11.1 Å². The van der Waals surface area contributed by atoms with Gasteiger partial charge in [0.25, 0.3) is 9.05 Å². The summed E-state index contributed by atoms with van der Waals surface area (Å²) in [5.74, 6) is 0. The van der Waals surface area contributed by atoms with Crippen LogP contribution in [0, 0.1) is 0 Å². The Balaban J connectivity index is 2.70. The molecule has 0 unspecified atom stereocenters. The molecule has 0 aromatic heterocycles. The maximum absolute atomic E-state index is 11.3. The zero-order valence-electron chi connectivity index (χ0n) is 7.90. The van der Waals surface area contributed by atoms with Crippen molar-refractivity contribution in [2.24, 2.45) is 0 Å². The van der Waals surface area contributed by atoms with Crippen LogP contribution in [0.1, 0.15) is 11.1 Å². The molecule has 4 heteroatoms. The average molecular weight is 241 g/mol. The lowest BCUT2D eigenvalue weighted by atomic mass is 9.95. The SMILES string of the molecule is C=C1C=Cc2c(cccc2S(=O)(=O)Cl)C1. The van der Waals surface area contributed by atoms with Crippen molar-refractivity contribution < 1.29 is 8.42 Å². The van der Waals surface area contributed by atoms with E-state index in [0.29, 0.717) is 12.0 Å². The fraction of sp³-hybridized carbons (Fsp3) is 0.0909. The molecule has 2 rings (SSSR count). The standard InChI is InChI=1S/C11H9ClO2S/c1-8-5-6-10-9(7-8)3-2-4-11(10)15(12,13)14/h2-6H,1,7H2. The van der Waals surface area contributed by atoms with E-state index in [1.807, 2.05) is 12.1 Å². The summed E-state index contributed by atoms with van der Waals surface area (Å²) in [7, 11) is 1.68. The Labute approximate surface area is 93.3 Å². The molecule has 1 aromatic carbocycles. The molecule has 0 saturated heterocycles. The number of rotatable bonds is 1. The molecule has 0 heterocycles. The van der Waals surface area contributed by atoms with Crippen molar-refractivity contribution in [3.05, 3.63) is 47.6 Å².